The van der Waals surface area contributed by atoms with E-state index in [1.165, 1.54) is 11.1 Å². The maximum atomic E-state index is 13.0. The number of tetrazole rings is 1. The molecule has 8 nitrogen and oxygen atoms in total. The zero-order valence-electron chi connectivity index (χ0n) is 20.5. The van der Waals surface area contributed by atoms with Crippen molar-refractivity contribution in [1.29, 1.82) is 0 Å². The van der Waals surface area contributed by atoms with Crippen LogP contribution < -0.4 is 10.3 Å². The van der Waals surface area contributed by atoms with Gasteiger partial charge in [0.15, 0.2) is 5.82 Å². The van der Waals surface area contributed by atoms with Gasteiger partial charge in [-0.15, -0.1) is 5.10 Å². The summed E-state index contributed by atoms with van der Waals surface area (Å²) in [5.41, 5.74) is 3.52. The molecule has 0 unspecified atom stereocenters. The molecule has 0 radical (unpaired) electrons. The van der Waals surface area contributed by atoms with E-state index in [0.717, 1.165) is 23.1 Å². The Morgan fingerprint density at radius 1 is 1.06 bits per heavy atom. The number of nitrogens with zero attached hydrogens (tertiary/aromatic N) is 5. The standard InChI is InChI=1S/C26H32N6O2/c1-6-26(3,4)32-24(28-29-30-32)17-31(15-19-9-7-18(2)8-10-19)16-21-13-20-11-12-22(34-5)14-23(20)27-25(21)33/h7-14H,6,15-17H2,1-5H3,(H,27,33). The van der Waals surface area contributed by atoms with Crippen LogP contribution in [0.1, 0.15) is 49.7 Å². The number of nitrogens with one attached hydrogen (secondary N) is 1. The quantitative estimate of drug-likeness (QED) is 0.403. The first kappa shape index (κ1) is 23.6. The number of hydrogen-bond acceptors (Lipinski definition) is 6. The number of aryl methyl sites for hydroxylation is 1. The van der Waals surface area contributed by atoms with E-state index in [1.54, 1.807) is 7.11 Å². The van der Waals surface area contributed by atoms with Crippen LogP contribution in [0.3, 0.4) is 0 Å². The molecule has 0 aliphatic rings. The summed E-state index contributed by atoms with van der Waals surface area (Å²) in [5.74, 6) is 1.49. The second-order valence-electron chi connectivity index (χ2n) is 9.38. The Kier molecular flexibility index (Phi) is 6.79. The molecule has 0 saturated carbocycles. The highest BCUT2D eigenvalue weighted by Crippen LogP contribution is 2.22. The van der Waals surface area contributed by atoms with Crippen molar-refractivity contribution >= 4 is 10.9 Å². The second kappa shape index (κ2) is 9.77. The maximum Gasteiger partial charge on any atom is 0.252 e. The molecule has 0 fully saturated rings. The van der Waals surface area contributed by atoms with E-state index in [4.69, 9.17) is 4.74 Å². The highest BCUT2D eigenvalue weighted by atomic mass is 16.5. The first-order chi connectivity index (χ1) is 16.3. The van der Waals surface area contributed by atoms with Crippen LogP contribution in [0, 0.1) is 6.92 Å². The van der Waals surface area contributed by atoms with Crippen LogP contribution in [0.2, 0.25) is 0 Å². The van der Waals surface area contributed by atoms with Crippen molar-refractivity contribution in [3.8, 4) is 5.75 Å². The second-order valence-corrected chi connectivity index (χ2v) is 9.38. The monoisotopic (exact) mass is 460 g/mol. The van der Waals surface area contributed by atoms with Crippen LogP contribution in [0.15, 0.2) is 53.3 Å². The van der Waals surface area contributed by atoms with E-state index in [1.807, 2.05) is 28.9 Å². The third kappa shape index (κ3) is 5.17. The zero-order chi connectivity index (χ0) is 24.3. The third-order valence-corrected chi connectivity index (χ3v) is 6.39. The Morgan fingerprint density at radius 2 is 1.82 bits per heavy atom. The minimum atomic E-state index is -0.201. The van der Waals surface area contributed by atoms with Gasteiger partial charge in [0.25, 0.3) is 5.56 Å². The molecule has 8 heteroatoms. The number of methoxy groups -OCH3 is 1. The van der Waals surface area contributed by atoms with E-state index in [2.05, 4.69) is 77.4 Å². The molecule has 4 rings (SSSR count). The number of aromatic nitrogens is 5. The van der Waals surface area contributed by atoms with Gasteiger partial charge in [-0.05, 0) is 66.8 Å². The van der Waals surface area contributed by atoms with Crippen LogP contribution in [0.4, 0.5) is 0 Å². The molecule has 1 N–H and O–H groups in total. The molecule has 4 aromatic rings. The summed E-state index contributed by atoms with van der Waals surface area (Å²) in [5, 5.41) is 13.5. The number of fused-ring (bicyclic) bond motifs is 1. The number of H-pyrrole nitrogens is 1. The van der Waals surface area contributed by atoms with Gasteiger partial charge in [0.05, 0.1) is 24.7 Å². The molecule has 0 aliphatic heterocycles. The minimum Gasteiger partial charge on any atom is -0.497 e. The van der Waals surface area contributed by atoms with Crippen LogP contribution >= 0.6 is 0 Å². The van der Waals surface area contributed by atoms with E-state index in [9.17, 15) is 4.79 Å². The van der Waals surface area contributed by atoms with E-state index < -0.39 is 0 Å². The molecule has 0 saturated heterocycles. The van der Waals surface area contributed by atoms with E-state index >= 15 is 0 Å². The number of hydrogen-bond donors (Lipinski definition) is 1. The van der Waals surface area contributed by atoms with Gasteiger partial charge >= 0.3 is 0 Å². The summed E-state index contributed by atoms with van der Waals surface area (Å²) in [4.78, 5) is 18.2. The minimum absolute atomic E-state index is 0.108. The van der Waals surface area contributed by atoms with Crippen LogP contribution in [-0.4, -0.2) is 37.2 Å². The lowest BCUT2D eigenvalue weighted by molar-refractivity contribution is 0.217. The molecular weight excluding hydrogens is 428 g/mol. The van der Waals surface area contributed by atoms with Crippen LogP contribution in [0.25, 0.3) is 10.9 Å². The van der Waals surface area contributed by atoms with Gasteiger partial charge in [-0.3, -0.25) is 9.69 Å². The lowest BCUT2D eigenvalue weighted by Gasteiger charge is -2.27. The Morgan fingerprint density at radius 3 is 2.53 bits per heavy atom. The Bertz CT molecular complexity index is 1320. The first-order valence-electron chi connectivity index (χ1n) is 11.5. The predicted molar refractivity (Wildman–Crippen MR) is 133 cm³/mol. The van der Waals surface area contributed by atoms with Crippen LogP contribution in [0.5, 0.6) is 5.75 Å². The molecule has 0 aliphatic carbocycles. The molecule has 34 heavy (non-hydrogen) atoms. The molecule has 0 atom stereocenters. The fourth-order valence-electron chi connectivity index (χ4n) is 3.95. The molecule has 2 heterocycles. The van der Waals surface area contributed by atoms with Crippen molar-refractivity contribution in [2.45, 2.75) is 59.3 Å². The summed E-state index contributed by atoms with van der Waals surface area (Å²) < 4.78 is 7.18. The number of aromatic amines is 1. The number of rotatable bonds is 9. The number of benzene rings is 2. The topological polar surface area (TPSA) is 88.9 Å². The van der Waals surface area contributed by atoms with Crippen molar-refractivity contribution in [2.24, 2.45) is 0 Å². The van der Waals surface area contributed by atoms with Gasteiger partial charge in [0.1, 0.15) is 5.75 Å². The maximum absolute atomic E-state index is 13.0. The smallest absolute Gasteiger partial charge is 0.252 e. The van der Waals surface area contributed by atoms with Gasteiger partial charge in [-0.1, -0.05) is 36.8 Å². The van der Waals surface area contributed by atoms with Gasteiger partial charge in [0, 0.05) is 24.7 Å². The van der Waals surface area contributed by atoms with Gasteiger partial charge in [-0.2, -0.15) is 0 Å². The zero-order valence-corrected chi connectivity index (χ0v) is 20.5. The van der Waals surface area contributed by atoms with E-state index in [-0.39, 0.29) is 11.1 Å². The Balaban J connectivity index is 1.67. The van der Waals surface area contributed by atoms with Crippen molar-refractivity contribution < 1.29 is 4.74 Å². The van der Waals surface area contributed by atoms with Gasteiger partial charge in [-0.25, -0.2) is 4.68 Å². The summed E-state index contributed by atoms with van der Waals surface area (Å²) in [7, 11) is 1.62. The summed E-state index contributed by atoms with van der Waals surface area (Å²) in [6.45, 7) is 10.1. The number of ether oxygens (including phenoxy) is 1. The fraction of sp³-hybridized carbons (Fsp3) is 0.385. The molecule has 0 spiro atoms. The lowest BCUT2D eigenvalue weighted by Crippen LogP contribution is -2.32. The lowest BCUT2D eigenvalue weighted by atomic mass is 10.0. The van der Waals surface area contributed by atoms with Crippen molar-refractivity contribution in [1.82, 2.24) is 30.1 Å². The average Bonchev–Trinajstić information content (AvgIpc) is 3.29. The molecule has 0 amide bonds. The molecule has 2 aromatic heterocycles. The van der Waals surface area contributed by atoms with Crippen molar-refractivity contribution in [2.75, 3.05) is 7.11 Å². The highest BCUT2D eigenvalue weighted by Gasteiger charge is 2.25. The Hall–Kier alpha value is -3.52. The molecule has 0 bridgehead atoms. The average molecular weight is 461 g/mol. The predicted octanol–water partition coefficient (Wildman–Crippen LogP) is 4.18. The summed E-state index contributed by atoms with van der Waals surface area (Å²) in [6.07, 6.45) is 0.900. The van der Waals surface area contributed by atoms with Crippen LogP contribution in [-0.2, 0) is 25.2 Å². The highest BCUT2D eigenvalue weighted by molar-refractivity contribution is 5.80. The molecule has 178 valence electrons. The van der Waals surface area contributed by atoms with Crippen molar-refractivity contribution in [3.05, 3.63) is 81.4 Å². The van der Waals surface area contributed by atoms with E-state index in [0.29, 0.717) is 30.9 Å². The normalized spacial score (nSPS) is 11.9. The van der Waals surface area contributed by atoms with Crippen molar-refractivity contribution in [3.63, 3.8) is 0 Å². The van der Waals surface area contributed by atoms with Gasteiger partial charge in [0.2, 0.25) is 0 Å². The Labute approximate surface area is 199 Å². The van der Waals surface area contributed by atoms with Gasteiger partial charge < -0.3 is 9.72 Å². The summed E-state index contributed by atoms with van der Waals surface area (Å²) in [6, 6.07) is 16.1. The summed E-state index contributed by atoms with van der Waals surface area (Å²) >= 11 is 0. The fourth-order valence-corrected chi connectivity index (χ4v) is 3.95. The third-order valence-electron chi connectivity index (χ3n) is 6.39. The largest absolute Gasteiger partial charge is 0.497 e. The molecule has 2 aromatic carbocycles. The first-order valence-corrected chi connectivity index (χ1v) is 11.5. The SMILES string of the molecule is CCC(C)(C)n1nnnc1CN(Cc1ccc(C)cc1)Cc1cc2ccc(OC)cc2[nH]c1=O. The molecular formula is C26H32N6O2. The number of pyridine rings is 1.